The maximum atomic E-state index is 12.4. The first-order valence-corrected chi connectivity index (χ1v) is 7.70. The summed E-state index contributed by atoms with van der Waals surface area (Å²) in [6.45, 7) is 8.49. The molecule has 2 heterocycles. The fourth-order valence-electron chi connectivity index (χ4n) is 3.41. The van der Waals surface area contributed by atoms with Crippen LogP contribution in [0, 0.1) is 0 Å². The lowest BCUT2D eigenvalue weighted by Crippen LogP contribution is -2.65. The van der Waals surface area contributed by atoms with Gasteiger partial charge in [0.05, 0.1) is 5.60 Å². The zero-order chi connectivity index (χ0) is 14.9. The highest BCUT2D eigenvalue weighted by Gasteiger charge is 2.44. The molecule has 2 amide bonds. The minimum atomic E-state index is -0.417. The van der Waals surface area contributed by atoms with Crippen molar-refractivity contribution >= 4 is 11.8 Å². The molecular formula is C15H26N2O3. The van der Waals surface area contributed by atoms with Crippen molar-refractivity contribution in [2.75, 3.05) is 6.61 Å². The van der Waals surface area contributed by atoms with Crippen molar-refractivity contribution in [1.82, 2.24) is 10.2 Å². The van der Waals surface area contributed by atoms with Crippen LogP contribution in [0.1, 0.15) is 53.4 Å². The molecule has 0 aliphatic carbocycles. The Morgan fingerprint density at radius 1 is 1.30 bits per heavy atom. The molecule has 0 aromatic rings. The maximum Gasteiger partial charge on any atom is 0.245 e. The van der Waals surface area contributed by atoms with E-state index in [4.69, 9.17) is 4.74 Å². The van der Waals surface area contributed by atoms with Crippen LogP contribution in [0.3, 0.4) is 0 Å². The summed E-state index contributed by atoms with van der Waals surface area (Å²) in [5.74, 6) is -0.0210. The Bertz CT molecular complexity index is 393. The van der Waals surface area contributed by atoms with Crippen LogP contribution >= 0.6 is 0 Å². The number of nitrogens with one attached hydrogen (secondary N) is 1. The fourth-order valence-corrected chi connectivity index (χ4v) is 3.41. The summed E-state index contributed by atoms with van der Waals surface area (Å²) in [4.78, 5) is 26.2. The molecule has 0 radical (unpaired) electrons. The van der Waals surface area contributed by atoms with Crippen LogP contribution in [0.25, 0.3) is 0 Å². The van der Waals surface area contributed by atoms with E-state index in [0.29, 0.717) is 6.61 Å². The number of ether oxygens (including phenoxy) is 1. The molecule has 2 rings (SSSR count). The van der Waals surface area contributed by atoms with Gasteiger partial charge in [-0.2, -0.15) is 0 Å². The van der Waals surface area contributed by atoms with E-state index in [-0.39, 0.29) is 29.5 Å². The van der Waals surface area contributed by atoms with Gasteiger partial charge in [-0.15, -0.1) is 0 Å². The zero-order valence-corrected chi connectivity index (χ0v) is 12.9. The van der Waals surface area contributed by atoms with Crippen LogP contribution in [0.5, 0.6) is 0 Å². The molecule has 0 spiro atoms. The summed E-state index contributed by atoms with van der Waals surface area (Å²) in [5.41, 5.74) is -0.139. The quantitative estimate of drug-likeness (QED) is 0.852. The Morgan fingerprint density at radius 2 is 1.95 bits per heavy atom. The monoisotopic (exact) mass is 282 g/mol. The van der Waals surface area contributed by atoms with Crippen LogP contribution in [0.15, 0.2) is 0 Å². The first-order valence-electron chi connectivity index (χ1n) is 7.70. The fraction of sp³-hybridized carbons (Fsp3) is 0.867. The highest BCUT2D eigenvalue weighted by Crippen LogP contribution is 2.35. The maximum absolute atomic E-state index is 12.4. The van der Waals surface area contributed by atoms with Gasteiger partial charge >= 0.3 is 0 Å². The van der Waals surface area contributed by atoms with Crippen molar-refractivity contribution in [3.63, 3.8) is 0 Å². The third kappa shape index (κ3) is 2.55. The summed E-state index contributed by atoms with van der Waals surface area (Å²) in [6.07, 6.45) is 3.53. The lowest BCUT2D eigenvalue weighted by molar-refractivity contribution is -0.160. The average Bonchev–Trinajstić information content (AvgIpc) is 2.46. The molecule has 0 aromatic heterocycles. The first-order chi connectivity index (χ1) is 9.44. The zero-order valence-electron chi connectivity index (χ0n) is 12.9. The van der Waals surface area contributed by atoms with Crippen molar-refractivity contribution in [2.24, 2.45) is 0 Å². The van der Waals surface area contributed by atoms with Crippen LogP contribution in [0.4, 0.5) is 0 Å². The Labute approximate surface area is 121 Å². The number of hydrogen-bond acceptors (Lipinski definition) is 3. The van der Waals surface area contributed by atoms with Crippen molar-refractivity contribution in [1.29, 1.82) is 0 Å². The van der Waals surface area contributed by atoms with Gasteiger partial charge in [-0.1, -0.05) is 13.8 Å². The highest BCUT2D eigenvalue weighted by molar-refractivity contribution is 5.96. The summed E-state index contributed by atoms with van der Waals surface area (Å²) in [6, 6.07) is -0.688. The van der Waals surface area contributed by atoms with Gasteiger partial charge in [0.25, 0.3) is 0 Å². The number of nitrogens with zero attached hydrogens (tertiary/aromatic N) is 1. The van der Waals surface area contributed by atoms with Gasteiger partial charge in [0.15, 0.2) is 0 Å². The molecule has 5 heteroatoms. The minimum Gasteiger partial charge on any atom is -0.375 e. The Kier molecular flexibility index (Phi) is 4.37. The molecule has 0 aromatic carbocycles. The molecule has 20 heavy (non-hydrogen) atoms. The molecule has 3 atom stereocenters. The van der Waals surface area contributed by atoms with E-state index in [1.54, 1.807) is 11.8 Å². The van der Waals surface area contributed by atoms with Crippen molar-refractivity contribution in [3.05, 3.63) is 0 Å². The molecule has 1 N–H and O–H groups in total. The first kappa shape index (κ1) is 15.3. The molecule has 0 bridgehead atoms. The SMILES string of the molecule is CCC1(CC)CC(N2C(=O)C(C)NC(=O)C2C)CCO1. The van der Waals surface area contributed by atoms with Crippen molar-refractivity contribution in [3.8, 4) is 0 Å². The summed E-state index contributed by atoms with van der Waals surface area (Å²) in [5, 5.41) is 2.74. The number of piperazine rings is 1. The van der Waals surface area contributed by atoms with Gasteiger partial charge in [0.1, 0.15) is 12.1 Å². The predicted molar refractivity (Wildman–Crippen MR) is 76.2 cm³/mol. The Morgan fingerprint density at radius 3 is 2.55 bits per heavy atom. The van der Waals surface area contributed by atoms with Gasteiger partial charge in [-0.05, 0) is 39.5 Å². The standard InChI is InChI=1S/C15H26N2O3/c1-5-15(6-2)9-12(7-8-20-15)17-11(4)13(18)16-10(3)14(17)19/h10-12H,5-9H2,1-4H3,(H,16,18). The van der Waals surface area contributed by atoms with E-state index in [9.17, 15) is 9.59 Å². The van der Waals surface area contributed by atoms with Crippen LogP contribution in [-0.4, -0.2) is 47.0 Å². The smallest absolute Gasteiger partial charge is 0.245 e. The normalized spacial score (nSPS) is 34.0. The number of carbonyl (C=O) groups excluding carboxylic acids is 2. The van der Waals surface area contributed by atoms with E-state index in [1.807, 2.05) is 6.92 Å². The molecule has 0 saturated carbocycles. The Hall–Kier alpha value is -1.10. The topological polar surface area (TPSA) is 58.6 Å². The van der Waals surface area contributed by atoms with Gasteiger partial charge in [0.2, 0.25) is 11.8 Å². The number of carbonyl (C=O) groups is 2. The molecule has 2 fully saturated rings. The number of rotatable bonds is 3. The van der Waals surface area contributed by atoms with E-state index in [0.717, 1.165) is 25.7 Å². The van der Waals surface area contributed by atoms with Gasteiger partial charge in [-0.3, -0.25) is 9.59 Å². The molecule has 5 nitrogen and oxygen atoms in total. The third-order valence-electron chi connectivity index (χ3n) is 4.93. The lowest BCUT2D eigenvalue weighted by Gasteiger charge is -2.47. The van der Waals surface area contributed by atoms with E-state index < -0.39 is 6.04 Å². The predicted octanol–water partition coefficient (Wildman–Crippen LogP) is 1.46. The van der Waals surface area contributed by atoms with Gasteiger partial charge in [-0.25, -0.2) is 0 Å². The largest absolute Gasteiger partial charge is 0.375 e. The minimum absolute atomic E-state index is 0.0325. The lowest BCUT2D eigenvalue weighted by atomic mass is 9.84. The number of hydrogen-bond donors (Lipinski definition) is 1. The summed E-state index contributed by atoms with van der Waals surface area (Å²) in [7, 11) is 0. The molecule has 114 valence electrons. The summed E-state index contributed by atoms with van der Waals surface area (Å²) < 4.78 is 5.97. The molecule has 2 aliphatic heterocycles. The van der Waals surface area contributed by atoms with Gasteiger partial charge in [0, 0.05) is 12.6 Å². The average molecular weight is 282 g/mol. The number of amides is 2. The second-order valence-corrected chi connectivity index (χ2v) is 6.04. The van der Waals surface area contributed by atoms with Crippen LogP contribution in [0.2, 0.25) is 0 Å². The molecule has 2 aliphatic rings. The van der Waals surface area contributed by atoms with E-state index in [2.05, 4.69) is 19.2 Å². The van der Waals surface area contributed by atoms with Crippen molar-refractivity contribution < 1.29 is 14.3 Å². The highest BCUT2D eigenvalue weighted by atomic mass is 16.5. The van der Waals surface area contributed by atoms with Crippen LogP contribution < -0.4 is 5.32 Å². The third-order valence-corrected chi connectivity index (χ3v) is 4.93. The summed E-state index contributed by atoms with van der Waals surface area (Å²) >= 11 is 0. The molecule has 2 saturated heterocycles. The Balaban J connectivity index is 2.20. The van der Waals surface area contributed by atoms with Gasteiger partial charge < -0.3 is 15.0 Å². The second-order valence-electron chi connectivity index (χ2n) is 6.04. The molecular weight excluding hydrogens is 256 g/mol. The van der Waals surface area contributed by atoms with E-state index >= 15 is 0 Å². The van der Waals surface area contributed by atoms with E-state index in [1.165, 1.54) is 0 Å². The van der Waals surface area contributed by atoms with Crippen molar-refractivity contribution in [2.45, 2.75) is 77.1 Å². The molecule has 3 unspecified atom stereocenters. The second kappa shape index (κ2) is 5.72. The van der Waals surface area contributed by atoms with Crippen LogP contribution in [-0.2, 0) is 14.3 Å².